The highest BCUT2D eigenvalue weighted by molar-refractivity contribution is 5.83. The van der Waals surface area contributed by atoms with E-state index in [2.05, 4.69) is 5.32 Å². The molecule has 1 amide bonds. The molecule has 0 saturated carbocycles. The summed E-state index contributed by atoms with van der Waals surface area (Å²) < 4.78 is 31.1. The van der Waals surface area contributed by atoms with Crippen molar-refractivity contribution in [3.8, 4) is 5.75 Å². The molecular weight excluding hydrogens is 296 g/mol. The molecule has 0 aromatic heterocycles. The standard InChI is InChI=1S/C15H19F2NO4/c1-9(2)14(15(20)21)18-13(19)4-3-7-22-12-6-5-10(16)8-11(12)17/h5-6,8-9,14H,3-4,7H2,1-2H3,(H,18,19)(H,20,21). The van der Waals surface area contributed by atoms with E-state index in [1.54, 1.807) is 13.8 Å². The number of hydrogen-bond donors (Lipinski definition) is 2. The van der Waals surface area contributed by atoms with E-state index in [-0.39, 0.29) is 31.1 Å². The quantitative estimate of drug-likeness (QED) is 0.722. The zero-order valence-corrected chi connectivity index (χ0v) is 12.4. The van der Waals surface area contributed by atoms with Crippen LogP contribution in [-0.4, -0.2) is 29.6 Å². The molecule has 0 aliphatic rings. The number of rotatable bonds is 8. The maximum Gasteiger partial charge on any atom is 0.326 e. The average molecular weight is 315 g/mol. The molecule has 0 fully saturated rings. The number of hydrogen-bond acceptors (Lipinski definition) is 3. The van der Waals surface area contributed by atoms with E-state index >= 15 is 0 Å². The molecule has 1 unspecified atom stereocenters. The minimum absolute atomic E-state index is 0.0549. The Morgan fingerprint density at radius 2 is 2.00 bits per heavy atom. The van der Waals surface area contributed by atoms with Crippen molar-refractivity contribution >= 4 is 11.9 Å². The highest BCUT2D eigenvalue weighted by atomic mass is 19.1. The van der Waals surface area contributed by atoms with Gasteiger partial charge in [0.1, 0.15) is 11.9 Å². The van der Waals surface area contributed by atoms with Gasteiger partial charge in [0.05, 0.1) is 6.61 Å². The van der Waals surface area contributed by atoms with Crippen molar-refractivity contribution in [1.29, 1.82) is 0 Å². The van der Waals surface area contributed by atoms with Crippen molar-refractivity contribution in [2.75, 3.05) is 6.61 Å². The van der Waals surface area contributed by atoms with E-state index in [0.29, 0.717) is 6.07 Å². The predicted molar refractivity (Wildman–Crippen MR) is 75.5 cm³/mol. The monoisotopic (exact) mass is 315 g/mol. The number of nitrogens with one attached hydrogen (secondary N) is 1. The van der Waals surface area contributed by atoms with E-state index in [1.807, 2.05) is 0 Å². The molecule has 0 aliphatic heterocycles. The number of carboxylic acid groups (broad SMARTS) is 1. The second-order valence-corrected chi connectivity index (χ2v) is 5.15. The molecule has 22 heavy (non-hydrogen) atoms. The van der Waals surface area contributed by atoms with Crippen molar-refractivity contribution in [2.45, 2.75) is 32.7 Å². The van der Waals surface area contributed by atoms with Crippen LogP contribution in [0, 0.1) is 17.6 Å². The Kier molecular flexibility index (Phi) is 6.75. The Bertz CT molecular complexity index is 534. The van der Waals surface area contributed by atoms with Crippen molar-refractivity contribution in [3.63, 3.8) is 0 Å². The molecular formula is C15H19F2NO4. The van der Waals surface area contributed by atoms with E-state index < -0.39 is 29.6 Å². The molecule has 0 radical (unpaired) electrons. The van der Waals surface area contributed by atoms with Gasteiger partial charge < -0.3 is 15.2 Å². The molecule has 0 spiro atoms. The van der Waals surface area contributed by atoms with E-state index in [4.69, 9.17) is 9.84 Å². The maximum atomic E-state index is 13.3. The van der Waals surface area contributed by atoms with Gasteiger partial charge in [0.15, 0.2) is 11.6 Å². The number of halogens is 2. The number of benzene rings is 1. The van der Waals surface area contributed by atoms with Gasteiger partial charge in [-0.25, -0.2) is 13.6 Å². The SMILES string of the molecule is CC(C)C(NC(=O)CCCOc1ccc(F)cc1F)C(=O)O. The van der Waals surface area contributed by atoms with Crippen LogP contribution in [-0.2, 0) is 9.59 Å². The fourth-order valence-electron chi connectivity index (χ4n) is 1.77. The molecule has 1 aromatic carbocycles. The summed E-state index contributed by atoms with van der Waals surface area (Å²) in [5, 5.41) is 11.4. The molecule has 2 N–H and O–H groups in total. The topological polar surface area (TPSA) is 75.6 Å². The number of carboxylic acids is 1. The van der Waals surface area contributed by atoms with Crippen LogP contribution in [0.15, 0.2) is 18.2 Å². The first-order valence-electron chi connectivity index (χ1n) is 6.91. The van der Waals surface area contributed by atoms with Crippen molar-refractivity contribution in [1.82, 2.24) is 5.32 Å². The smallest absolute Gasteiger partial charge is 0.326 e. The molecule has 5 nitrogen and oxygen atoms in total. The Morgan fingerprint density at radius 3 is 2.55 bits per heavy atom. The maximum absolute atomic E-state index is 13.3. The van der Waals surface area contributed by atoms with Crippen LogP contribution in [0.4, 0.5) is 8.78 Å². The number of carbonyl (C=O) groups excluding carboxylic acids is 1. The van der Waals surface area contributed by atoms with E-state index in [9.17, 15) is 18.4 Å². The lowest BCUT2D eigenvalue weighted by Crippen LogP contribution is -2.44. The van der Waals surface area contributed by atoms with Gasteiger partial charge in [-0.1, -0.05) is 13.8 Å². The number of ether oxygens (including phenoxy) is 1. The summed E-state index contributed by atoms with van der Waals surface area (Å²) in [5.41, 5.74) is 0. The van der Waals surface area contributed by atoms with E-state index in [1.165, 1.54) is 6.07 Å². The van der Waals surface area contributed by atoms with Gasteiger partial charge in [-0.3, -0.25) is 4.79 Å². The van der Waals surface area contributed by atoms with Crippen LogP contribution in [0.25, 0.3) is 0 Å². The van der Waals surface area contributed by atoms with Crippen molar-refractivity contribution in [3.05, 3.63) is 29.8 Å². The second kappa shape index (κ2) is 8.31. The minimum Gasteiger partial charge on any atom is -0.491 e. The zero-order valence-electron chi connectivity index (χ0n) is 12.4. The van der Waals surface area contributed by atoms with Crippen molar-refractivity contribution < 1.29 is 28.2 Å². The summed E-state index contributed by atoms with van der Waals surface area (Å²) in [4.78, 5) is 22.6. The molecule has 1 atom stereocenters. The molecule has 122 valence electrons. The summed E-state index contributed by atoms with van der Waals surface area (Å²) in [5.74, 6) is -3.33. The van der Waals surface area contributed by atoms with Gasteiger partial charge in [-0.15, -0.1) is 0 Å². The molecule has 1 rings (SSSR count). The summed E-state index contributed by atoms with van der Waals surface area (Å²) in [6.07, 6.45) is 0.340. The largest absolute Gasteiger partial charge is 0.491 e. The lowest BCUT2D eigenvalue weighted by atomic mass is 10.0. The first-order chi connectivity index (χ1) is 10.3. The predicted octanol–water partition coefficient (Wildman–Crippen LogP) is 2.35. The lowest BCUT2D eigenvalue weighted by Gasteiger charge is -2.17. The second-order valence-electron chi connectivity index (χ2n) is 5.15. The first-order valence-corrected chi connectivity index (χ1v) is 6.91. The number of aliphatic carboxylic acids is 1. The summed E-state index contributed by atoms with van der Waals surface area (Å²) in [6, 6.07) is 2.01. The van der Waals surface area contributed by atoms with Crippen LogP contribution in [0.1, 0.15) is 26.7 Å². The van der Waals surface area contributed by atoms with Crippen LogP contribution in [0.3, 0.4) is 0 Å². The molecule has 0 bridgehead atoms. The molecule has 7 heteroatoms. The number of carbonyl (C=O) groups is 2. The molecule has 1 aromatic rings. The molecule has 0 aliphatic carbocycles. The molecule has 0 heterocycles. The van der Waals surface area contributed by atoms with Gasteiger partial charge in [0.25, 0.3) is 0 Å². The third kappa shape index (κ3) is 5.67. The first kappa shape index (κ1) is 17.9. The summed E-state index contributed by atoms with van der Waals surface area (Å²) >= 11 is 0. The Balaban J connectivity index is 2.35. The van der Waals surface area contributed by atoms with Crippen LogP contribution in [0.2, 0.25) is 0 Å². The van der Waals surface area contributed by atoms with Gasteiger partial charge in [0, 0.05) is 12.5 Å². The van der Waals surface area contributed by atoms with Gasteiger partial charge in [0.2, 0.25) is 5.91 Å². The summed E-state index contributed by atoms with van der Waals surface area (Å²) in [7, 11) is 0. The Hall–Kier alpha value is -2.18. The third-order valence-electron chi connectivity index (χ3n) is 2.95. The third-order valence-corrected chi connectivity index (χ3v) is 2.95. The minimum atomic E-state index is -1.09. The fraction of sp³-hybridized carbons (Fsp3) is 0.467. The van der Waals surface area contributed by atoms with Crippen molar-refractivity contribution in [2.24, 2.45) is 5.92 Å². The normalized spacial score (nSPS) is 12.0. The van der Waals surface area contributed by atoms with E-state index in [0.717, 1.165) is 6.07 Å². The highest BCUT2D eigenvalue weighted by Crippen LogP contribution is 2.17. The molecule has 0 saturated heterocycles. The number of amides is 1. The average Bonchev–Trinajstić information content (AvgIpc) is 2.42. The van der Waals surface area contributed by atoms with Gasteiger partial charge in [-0.2, -0.15) is 0 Å². The summed E-state index contributed by atoms with van der Waals surface area (Å²) in [6.45, 7) is 3.45. The van der Waals surface area contributed by atoms with Gasteiger partial charge in [-0.05, 0) is 24.5 Å². The Labute approximate surface area is 127 Å². The Morgan fingerprint density at radius 1 is 1.32 bits per heavy atom. The lowest BCUT2D eigenvalue weighted by molar-refractivity contribution is -0.143. The van der Waals surface area contributed by atoms with Gasteiger partial charge >= 0.3 is 5.97 Å². The van der Waals surface area contributed by atoms with Crippen LogP contribution < -0.4 is 10.1 Å². The fourth-order valence-corrected chi connectivity index (χ4v) is 1.77. The highest BCUT2D eigenvalue weighted by Gasteiger charge is 2.22. The van der Waals surface area contributed by atoms with Crippen LogP contribution >= 0.6 is 0 Å². The zero-order chi connectivity index (χ0) is 16.7. The van der Waals surface area contributed by atoms with Crippen LogP contribution in [0.5, 0.6) is 5.75 Å².